The molecular formula is C12H25N3. The van der Waals surface area contributed by atoms with Gasteiger partial charge < -0.3 is 11.1 Å². The molecule has 2 aliphatic heterocycles. The van der Waals surface area contributed by atoms with Gasteiger partial charge in [0.25, 0.3) is 0 Å². The molecule has 0 radical (unpaired) electrons. The van der Waals surface area contributed by atoms with Gasteiger partial charge in [-0.15, -0.1) is 0 Å². The molecule has 3 nitrogen and oxygen atoms in total. The van der Waals surface area contributed by atoms with Crippen LogP contribution in [-0.2, 0) is 0 Å². The van der Waals surface area contributed by atoms with Crippen molar-refractivity contribution >= 4 is 0 Å². The summed E-state index contributed by atoms with van der Waals surface area (Å²) >= 11 is 0. The monoisotopic (exact) mass is 211 g/mol. The number of nitrogens with one attached hydrogen (secondary N) is 1. The third kappa shape index (κ3) is 2.92. The second kappa shape index (κ2) is 5.83. The zero-order chi connectivity index (χ0) is 10.5. The predicted octanol–water partition coefficient (Wildman–Crippen LogP) is 0.799. The molecule has 0 aromatic heterocycles. The Labute approximate surface area is 93.4 Å². The van der Waals surface area contributed by atoms with Crippen molar-refractivity contribution in [3.05, 3.63) is 0 Å². The van der Waals surface area contributed by atoms with E-state index in [4.69, 9.17) is 5.73 Å². The summed E-state index contributed by atoms with van der Waals surface area (Å²) in [5, 5.41) is 3.44. The van der Waals surface area contributed by atoms with Gasteiger partial charge in [-0.1, -0.05) is 6.42 Å². The van der Waals surface area contributed by atoms with Gasteiger partial charge in [-0.2, -0.15) is 0 Å². The van der Waals surface area contributed by atoms with Crippen LogP contribution in [0.3, 0.4) is 0 Å². The van der Waals surface area contributed by atoms with Crippen molar-refractivity contribution in [1.29, 1.82) is 0 Å². The number of rotatable bonds is 3. The molecule has 3 heteroatoms. The van der Waals surface area contributed by atoms with Crippen LogP contribution in [0.4, 0.5) is 0 Å². The Balaban J connectivity index is 1.88. The highest BCUT2D eigenvalue weighted by atomic mass is 15.2. The molecule has 0 spiro atoms. The van der Waals surface area contributed by atoms with E-state index in [0.29, 0.717) is 6.04 Å². The van der Waals surface area contributed by atoms with Gasteiger partial charge >= 0.3 is 0 Å². The highest BCUT2D eigenvalue weighted by Crippen LogP contribution is 2.23. The maximum atomic E-state index is 5.97. The van der Waals surface area contributed by atoms with Gasteiger partial charge in [0.15, 0.2) is 0 Å². The summed E-state index contributed by atoms with van der Waals surface area (Å²) in [7, 11) is 0. The third-order valence-electron chi connectivity index (χ3n) is 4.03. The average molecular weight is 211 g/mol. The maximum Gasteiger partial charge on any atom is 0.0247 e. The van der Waals surface area contributed by atoms with E-state index in [9.17, 15) is 0 Å². The van der Waals surface area contributed by atoms with Gasteiger partial charge in [-0.3, -0.25) is 4.90 Å². The van der Waals surface area contributed by atoms with Crippen LogP contribution in [0, 0.1) is 5.92 Å². The smallest absolute Gasteiger partial charge is 0.0247 e. The van der Waals surface area contributed by atoms with Gasteiger partial charge in [-0.05, 0) is 57.8 Å². The van der Waals surface area contributed by atoms with Crippen molar-refractivity contribution in [3.63, 3.8) is 0 Å². The molecule has 2 saturated heterocycles. The van der Waals surface area contributed by atoms with Gasteiger partial charge in [-0.25, -0.2) is 0 Å². The van der Waals surface area contributed by atoms with Gasteiger partial charge in [0, 0.05) is 12.6 Å². The van der Waals surface area contributed by atoms with Crippen molar-refractivity contribution in [2.75, 3.05) is 32.7 Å². The summed E-state index contributed by atoms with van der Waals surface area (Å²) in [5.74, 6) is 0.842. The van der Waals surface area contributed by atoms with Crippen LogP contribution in [0.5, 0.6) is 0 Å². The minimum atomic E-state index is 0.660. The van der Waals surface area contributed by atoms with E-state index in [1.54, 1.807) is 0 Å². The first-order valence-corrected chi connectivity index (χ1v) is 6.56. The first-order chi connectivity index (χ1) is 7.42. The lowest BCUT2D eigenvalue weighted by atomic mass is 9.88. The molecule has 0 aliphatic carbocycles. The van der Waals surface area contributed by atoms with Crippen molar-refractivity contribution in [2.45, 2.75) is 38.1 Å². The Hall–Kier alpha value is -0.120. The van der Waals surface area contributed by atoms with Crippen molar-refractivity contribution < 1.29 is 0 Å². The lowest BCUT2D eigenvalue weighted by Gasteiger charge is -2.40. The number of nitrogens with two attached hydrogens (primary N) is 1. The topological polar surface area (TPSA) is 41.3 Å². The average Bonchev–Trinajstić information content (AvgIpc) is 2.33. The van der Waals surface area contributed by atoms with E-state index in [1.165, 1.54) is 58.3 Å². The summed E-state index contributed by atoms with van der Waals surface area (Å²) in [6.07, 6.45) is 6.81. The van der Waals surface area contributed by atoms with E-state index in [-0.39, 0.29) is 0 Å². The molecule has 2 rings (SSSR count). The van der Waals surface area contributed by atoms with Crippen LogP contribution >= 0.6 is 0 Å². The zero-order valence-electron chi connectivity index (χ0n) is 9.75. The van der Waals surface area contributed by atoms with E-state index in [2.05, 4.69) is 10.2 Å². The molecule has 0 amide bonds. The van der Waals surface area contributed by atoms with Crippen LogP contribution in [-0.4, -0.2) is 43.7 Å². The molecule has 0 bridgehead atoms. The Morgan fingerprint density at radius 2 is 1.80 bits per heavy atom. The fraction of sp³-hybridized carbons (Fsp3) is 1.00. The van der Waals surface area contributed by atoms with Crippen LogP contribution < -0.4 is 11.1 Å². The Morgan fingerprint density at radius 3 is 2.40 bits per heavy atom. The van der Waals surface area contributed by atoms with E-state index >= 15 is 0 Å². The fourth-order valence-corrected chi connectivity index (χ4v) is 3.12. The summed E-state index contributed by atoms with van der Waals surface area (Å²) < 4.78 is 0. The van der Waals surface area contributed by atoms with Crippen LogP contribution in [0.25, 0.3) is 0 Å². The highest BCUT2D eigenvalue weighted by Gasteiger charge is 2.28. The standard InChI is InChI=1S/C12H25N3/c13-10-12(11-4-6-14-7-5-11)15-8-2-1-3-9-15/h11-12,14H,1-10,13H2. The molecule has 2 heterocycles. The summed E-state index contributed by atoms with van der Waals surface area (Å²) in [5.41, 5.74) is 5.97. The number of likely N-dealkylation sites (tertiary alicyclic amines) is 1. The van der Waals surface area contributed by atoms with Gasteiger partial charge in [0.2, 0.25) is 0 Å². The largest absolute Gasteiger partial charge is 0.329 e. The van der Waals surface area contributed by atoms with Crippen molar-refractivity contribution in [1.82, 2.24) is 10.2 Å². The molecule has 1 atom stereocenters. The number of hydrogen-bond acceptors (Lipinski definition) is 3. The Bertz CT molecular complexity index is 154. The van der Waals surface area contributed by atoms with Crippen molar-refractivity contribution in [3.8, 4) is 0 Å². The lowest BCUT2D eigenvalue weighted by molar-refractivity contribution is 0.105. The summed E-state index contributed by atoms with van der Waals surface area (Å²) in [6.45, 7) is 5.80. The minimum Gasteiger partial charge on any atom is -0.329 e. The minimum absolute atomic E-state index is 0.660. The quantitative estimate of drug-likeness (QED) is 0.725. The van der Waals surface area contributed by atoms with Crippen LogP contribution in [0.15, 0.2) is 0 Å². The van der Waals surface area contributed by atoms with Crippen molar-refractivity contribution in [2.24, 2.45) is 11.7 Å². The molecular weight excluding hydrogens is 186 g/mol. The second-order valence-electron chi connectivity index (χ2n) is 4.99. The fourth-order valence-electron chi connectivity index (χ4n) is 3.12. The normalized spacial score (nSPS) is 27.8. The number of hydrogen-bond donors (Lipinski definition) is 2. The molecule has 3 N–H and O–H groups in total. The lowest BCUT2D eigenvalue weighted by Crippen LogP contribution is -2.50. The SMILES string of the molecule is NCC(C1CCNCC1)N1CCCCC1. The number of piperidine rings is 2. The molecule has 88 valence electrons. The molecule has 0 aromatic carbocycles. The highest BCUT2D eigenvalue weighted by molar-refractivity contribution is 4.85. The number of nitrogens with zero attached hydrogens (tertiary/aromatic N) is 1. The van der Waals surface area contributed by atoms with Gasteiger partial charge in [0.05, 0.1) is 0 Å². The van der Waals surface area contributed by atoms with E-state index in [1.807, 2.05) is 0 Å². The molecule has 2 fully saturated rings. The molecule has 0 aromatic rings. The predicted molar refractivity (Wildman–Crippen MR) is 63.9 cm³/mol. The van der Waals surface area contributed by atoms with Crippen LogP contribution in [0.2, 0.25) is 0 Å². The Kier molecular flexibility index (Phi) is 4.42. The maximum absolute atomic E-state index is 5.97. The molecule has 1 unspecified atom stereocenters. The molecule has 0 saturated carbocycles. The summed E-state index contributed by atoms with van der Waals surface area (Å²) in [6, 6.07) is 0.660. The first kappa shape index (κ1) is 11.4. The Morgan fingerprint density at radius 1 is 1.13 bits per heavy atom. The summed E-state index contributed by atoms with van der Waals surface area (Å²) in [4.78, 5) is 2.65. The van der Waals surface area contributed by atoms with E-state index in [0.717, 1.165) is 12.5 Å². The molecule has 15 heavy (non-hydrogen) atoms. The van der Waals surface area contributed by atoms with Gasteiger partial charge in [0.1, 0.15) is 0 Å². The first-order valence-electron chi connectivity index (χ1n) is 6.56. The zero-order valence-corrected chi connectivity index (χ0v) is 9.75. The van der Waals surface area contributed by atoms with E-state index < -0.39 is 0 Å². The third-order valence-corrected chi connectivity index (χ3v) is 4.03. The van der Waals surface area contributed by atoms with Crippen LogP contribution in [0.1, 0.15) is 32.1 Å². The molecule has 2 aliphatic rings. The second-order valence-corrected chi connectivity index (χ2v) is 4.99.